The Morgan fingerprint density at radius 3 is 2.62 bits per heavy atom. The van der Waals surface area contributed by atoms with E-state index >= 15 is 0 Å². The largest absolute Gasteiger partial charge is 0.341 e. The fourth-order valence-corrected chi connectivity index (χ4v) is 1.90. The molecule has 4 heteroatoms. The summed E-state index contributed by atoms with van der Waals surface area (Å²) in [4.78, 5) is 7.90. The first kappa shape index (κ1) is 11.4. The topological polar surface area (TPSA) is 54.7 Å². The van der Waals surface area contributed by atoms with Crippen LogP contribution in [-0.2, 0) is 12.0 Å². The van der Waals surface area contributed by atoms with Gasteiger partial charge in [0.05, 0.1) is 11.0 Å². The van der Waals surface area contributed by atoms with Crippen LogP contribution in [0.1, 0.15) is 32.2 Å². The molecule has 0 bridgehead atoms. The maximum Gasteiger partial charge on any atom is 0.112 e. The molecule has 0 unspecified atom stereocenters. The van der Waals surface area contributed by atoms with E-state index in [0.717, 1.165) is 22.4 Å². The standard InChI is InChI=1S/C12H16ClN3/c1-12(2,3)11-15-9-5-8(13)4-7(6-14)10(9)16-11/h4-5H,6,14H2,1-3H3,(H,15,16). The molecule has 0 aliphatic heterocycles. The second-order valence-electron chi connectivity index (χ2n) is 5.00. The zero-order valence-corrected chi connectivity index (χ0v) is 10.5. The average Bonchev–Trinajstić information content (AvgIpc) is 2.59. The van der Waals surface area contributed by atoms with Crippen LogP contribution in [0.3, 0.4) is 0 Å². The van der Waals surface area contributed by atoms with Crippen LogP contribution in [0, 0.1) is 0 Å². The van der Waals surface area contributed by atoms with Gasteiger partial charge in [-0.15, -0.1) is 0 Å². The molecule has 3 N–H and O–H groups in total. The number of nitrogens with zero attached hydrogens (tertiary/aromatic N) is 1. The predicted octanol–water partition coefficient (Wildman–Crippen LogP) is 2.97. The molecule has 2 rings (SSSR count). The fraction of sp³-hybridized carbons (Fsp3) is 0.417. The van der Waals surface area contributed by atoms with Crippen LogP contribution in [0.5, 0.6) is 0 Å². The molecule has 0 spiro atoms. The van der Waals surface area contributed by atoms with Gasteiger partial charge in [-0.3, -0.25) is 0 Å². The lowest BCUT2D eigenvalue weighted by Crippen LogP contribution is -2.13. The normalized spacial score (nSPS) is 12.3. The predicted molar refractivity (Wildman–Crippen MR) is 67.7 cm³/mol. The molecule has 0 saturated carbocycles. The van der Waals surface area contributed by atoms with Gasteiger partial charge < -0.3 is 10.7 Å². The zero-order valence-electron chi connectivity index (χ0n) is 9.76. The highest BCUT2D eigenvalue weighted by molar-refractivity contribution is 6.31. The summed E-state index contributed by atoms with van der Waals surface area (Å²) in [6, 6.07) is 3.76. The number of nitrogens with two attached hydrogens (primary N) is 1. The first-order chi connectivity index (χ1) is 7.41. The van der Waals surface area contributed by atoms with Crippen LogP contribution in [0.4, 0.5) is 0 Å². The van der Waals surface area contributed by atoms with E-state index in [0.29, 0.717) is 11.6 Å². The lowest BCUT2D eigenvalue weighted by molar-refractivity contribution is 0.554. The molecule has 1 aromatic heterocycles. The number of hydrogen-bond acceptors (Lipinski definition) is 2. The van der Waals surface area contributed by atoms with Crippen LogP contribution < -0.4 is 5.73 Å². The molecular weight excluding hydrogens is 222 g/mol. The third-order valence-corrected chi connectivity index (χ3v) is 2.78. The number of halogens is 1. The second-order valence-corrected chi connectivity index (χ2v) is 5.44. The Morgan fingerprint density at radius 2 is 2.06 bits per heavy atom. The van der Waals surface area contributed by atoms with Crippen molar-refractivity contribution in [2.24, 2.45) is 5.73 Å². The summed E-state index contributed by atoms with van der Waals surface area (Å²) >= 11 is 6.02. The van der Waals surface area contributed by atoms with E-state index in [9.17, 15) is 0 Å². The molecule has 0 aliphatic rings. The molecular formula is C12H16ClN3. The van der Waals surface area contributed by atoms with E-state index < -0.39 is 0 Å². The van der Waals surface area contributed by atoms with Crippen molar-refractivity contribution in [1.29, 1.82) is 0 Å². The molecule has 86 valence electrons. The summed E-state index contributed by atoms with van der Waals surface area (Å²) in [7, 11) is 0. The van der Waals surface area contributed by atoms with E-state index in [4.69, 9.17) is 17.3 Å². The molecule has 1 aromatic carbocycles. The van der Waals surface area contributed by atoms with Gasteiger partial charge in [-0.2, -0.15) is 0 Å². The average molecular weight is 238 g/mol. The van der Waals surface area contributed by atoms with Crippen LogP contribution in [0.15, 0.2) is 12.1 Å². The van der Waals surface area contributed by atoms with E-state index in [1.54, 1.807) is 0 Å². The number of rotatable bonds is 1. The second kappa shape index (κ2) is 3.75. The highest BCUT2D eigenvalue weighted by Crippen LogP contribution is 2.26. The molecule has 0 saturated heterocycles. The lowest BCUT2D eigenvalue weighted by atomic mass is 9.96. The van der Waals surface area contributed by atoms with Gasteiger partial charge in [0.15, 0.2) is 0 Å². The number of aromatic nitrogens is 2. The number of aromatic amines is 1. The van der Waals surface area contributed by atoms with E-state index in [2.05, 4.69) is 30.7 Å². The first-order valence-corrected chi connectivity index (χ1v) is 5.68. The van der Waals surface area contributed by atoms with E-state index in [1.807, 2.05) is 12.1 Å². The van der Waals surface area contributed by atoms with E-state index in [-0.39, 0.29) is 5.41 Å². The van der Waals surface area contributed by atoms with Gasteiger partial charge in [-0.1, -0.05) is 32.4 Å². The molecule has 3 nitrogen and oxygen atoms in total. The minimum Gasteiger partial charge on any atom is -0.341 e. The van der Waals surface area contributed by atoms with Gasteiger partial charge in [-0.05, 0) is 17.7 Å². The van der Waals surface area contributed by atoms with Crippen molar-refractivity contribution in [3.8, 4) is 0 Å². The summed E-state index contributed by atoms with van der Waals surface area (Å²) in [5, 5.41) is 0.692. The Bertz CT molecular complexity index is 523. The minimum atomic E-state index is -0.00261. The van der Waals surface area contributed by atoms with Crippen molar-refractivity contribution in [3.05, 3.63) is 28.5 Å². The van der Waals surface area contributed by atoms with Crippen LogP contribution >= 0.6 is 11.6 Å². The molecule has 16 heavy (non-hydrogen) atoms. The molecule has 2 aromatic rings. The Morgan fingerprint density at radius 1 is 1.38 bits per heavy atom. The van der Waals surface area contributed by atoms with Gasteiger partial charge in [0, 0.05) is 17.0 Å². The third-order valence-electron chi connectivity index (χ3n) is 2.56. The minimum absolute atomic E-state index is 0.00261. The molecule has 0 radical (unpaired) electrons. The molecule has 0 amide bonds. The van der Waals surface area contributed by atoms with Gasteiger partial charge >= 0.3 is 0 Å². The summed E-state index contributed by atoms with van der Waals surface area (Å²) in [6.45, 7) is 6.81. The number of fused-ring (bicyclic) bond motifs is 1. The Labute approximate surface area is 100 Å². The van der Waals surface area contributed by atoms with Crippen LogP contribution in [0.25, 0.3) is 11.0 Å². The van der Waals surface area contributed by atoms with Gasteiger partial charge in [0.1, 0.15) is 5.82 Å². The molecule has 0 aliphatic carbocycles. The number of hydrogen-bond donors (Lipinski definition) is 2. The highest BCUT2D eigenvalue weighted by atomic mass is 35.5. The number of nitrogens with one attached hydrogen (secondary N) is 1. The van der Waals surface area contributed by atoms with Gasteiger partial charge in [-0.25, -0.2) is 4.98 Å². The van der Waals surface area contributed by atoms with Crippen molar-refractivity contribution in [1.82, 2.24) is 9.97 Å². The molecule has 1 heterocycles. The van der Waals surface area contributed by atoms with Crippen molar-refractivity contribution in [2.45, 2.75) is 32.7 Å². The van der Waals surface area contributed by atoms with Gasteiger partial charge in [0.25, 0.3) is 0 Å². The smallest absolute Gasteiger partial charge is 0.112 e. The Hall–Kier alpha value is -1.06. The lowest BCUT2D eigenvalue weighted by Gasteiger charge is -2.13. The van der Waals surface area contributed by atoms with Crippen molar-refractivity contribution in [3.63, 3.8) is 0 Å². The maximum absolute atomic E-state index is 6.02. The number of imidazole rings is 1. The van der Waals surface area contributed by atoms with Crippen LogP contribution in [-0.4, -0.2) is 9.97 Å². The van der Waals surface area contributed by atoms with Crippen molar-refractivity contribution >= 4 is 22.6 Å². The zero-order chi connectivity index (χ0) is 11.9. The molecule has 0 atom stereocenters. The quantitative estimate of drug-likeness (QED) is 0.801. The van der Waals surface area contributed by atoms with Crippen molar-refractivity contribution < 1.29 is 0 Å². The Kier molecular flexibility index (Phi) is 2.68. The summed E-state index contributed by atoms with van der Waals surface area (Å²) in [6.07, 6.45) is 0. The highest BCUT2D eigenvalue weighted by Gasteiger charge is 2.19. The monoisotopic (exact) mass is 237 g/mol. The van der Waals surface area contributed by atoms with Crippen molar-refractivity contribution in [2.75, 3.05) is 0 Å². The number of H-pyrrole nitrogens is 1. The van der Waals surface area contributed by atoms with Crippen LogP contribution in [0.2, 0.25) is 5.02 Å². The van der Waals surface area contributed by atoms with Gasteiger partial charge in [0.2, 0.25) is 0 Å². The third kappa shape index (κ3) is 1.93. The summed E-state index contributed by atoms with van der Waals surface area (Å²) in [5.41, 5.74) is 8.55. The number of benzene rings is 1. The SMILES string of the molecule is CC(C)(C)c1nc2c(CN)cc(Cl)cc2[nH]1. The summed E-state index contributed by atoms with van der Waals surface area (Å²) < 4.78 is 0. The maximum atomic E-state index is 6.02. The first-order valence-electron chi connectivity index (χ1n) is 5.30. The van der Waals surface area contributed by atoms with E-state index in [1.165, 1.54) is 0 Å². The Balaban J connectivity index is 2.70. The summed E-state index contributed by atoms with van der Waals surface area (Å²) in [5.74, 6) is 0.958. The fourth-order valence-electron chi connectivity index (χ4n) is 1.66. The molecule has 0 fully saturated rings.